The maximum atomic E-state index is 13.1. The molecule has 0 radical (unpaired) electrons. The number of carbonyl (C=O) groups is 1. The van der Waals surface area contributed by atoms with E-state index in [1.165, 1.54) is 23.5 Å². The third-order valence-electron chi connectivity index (χ3n) is 4.97. The number of Topliss-reactive ketones (excluding diaryl/α,β-unsaturated/α-hetero) is 1. The Morgan fingerprint density at radius 2 is 2.04 bits per heavy atom. The summed E-state index contributed by atoms with van der Waals surface area (Å²) in [6.07, 6.45) is -0.318. The summed E-state index contributed by atoms with van der Waals surface area (Å²) in [6.45, 7) is 0.994. The number of nitrogens with zero attached hydrogens (tertiary/aromatic N) is 1. The van der Waals surface area contributed by atoms with Crippen molar-refractivity contribution in [3.8, 4) is 0 Å². The zero-order valence-electron chi connectivity index (χ0n) is 14.2. The average Bonchev–Trinajstić information content (AvgIpc) is 3.13. The van der Waals surface area contributed by atoms with E-state index in [0.717, 1.165) is 11.1 Å². The lowest BCUT2D eigenvalue weighted by atomic mass is 9.70. The largest absolute Gasteiger partial charge is 0.416 e. The van der Waals surface area contributed by atoms with Gasteiger partial charge in [0.2, 0.25) is 0 Å². The van der Waals surface area contributed by atoms with Crippen LogP contribution in [0.25, 0.3) is 0 Å². The molecule has 0 amide bonds. The highest BCUT2D eigenvalue weighted by atomic mass is 32.1. The van der Waals surface area contributed by atoms with Crippen LogP contribution in [0.4, 0.5) is 13.2 Å². The summed E-state index contributed by atoms with van der Waals surface area (Å²) < 4.78 is 44.7. The molecule has 0 aliphatic carbocycles. The van der Waals surface area contributed by atoms with Crippen LogP contribution in [0.5, 0.6) is 0 Å². The SMILES string of the molecule is O=C(CCC1(c2cccc(C(F)(F)F)c2)CCOCC1)Cc1nccs1. The van der Waals surface area contributed by atoms with E-state index in [4.69, 9.17) is 4.74 Å². The molecule has 7 heteroatoms. The summed E-state index contributed by atoms with van der Waals surface area (Å²) in [4.78, 5) is 16.4. The Hall–Kier alpha value is -1.73. The molecule has 0 bridgehead atoms. The molecule has 140 valence electrons. The Morgan fingerprint density at radius 3 is 2.69 bits per heavy atom. The molecule has 1 saturated heterocycles. The number of thiazole rings is 1. The van der Waals surface area contributed by atoms with Crippen LogP contribution in [-0.2, 0) is 27.5 Å². The van der Waals surface area contributed by atoms with E-state index >= 15 is 0 Å². The number of hydrogen-bond donors (Lipinski definition) is 0. The summed E-state index contributed by atoms with van der Waals surface area (Å²) in [6, 6.07) is 5.51. The van der Waals surface area contributed by atoms with Gasteiger partial charge in [-0.25, -0.2) is 4.98 Å². The van der Waals surface area contributed by atoms with E-state index in [2.05, 4.69) is 4.98 Å². The molecule has 26 heavy (non-hydrogen) atoms. The summed E-state index contributed by atoms with van der Waals surface area (Å²) in [5, 5.41) is 2.60. The van der Waals surface area contributed by atoms with E-state index in [1.54, 1.807) is 12.3 Å². The van der Waals surface area contributed by atoms with E-state index in [1.807, 2.05) is 5.38 Å². The first kappa shape index (κ1) is 19.0. The summed E-state index contributed by atoms with van der Waals surface area (Å²) in [5.74, 6) is 0.0674. The van der Waals surface area contributed by atoms with Gasteiger partial charge >= 0.3 is 6.18 Å². The number of carbonyl (C=O) groups excluding carboxylic acids is 1. The van der Waals surface area contributed by atoms with Gasteiger partial charge in [-0.15, -0.1) is 11.3 Å². The van der Waals surface area contributed by atoms with Gasteiger partial charge in [0.15, 0.2) is 0 Å². The molecule has 2 aromatic rings. The second-order valence-corrected chi connectivity index (χ2v) is 7.59. The predicted molar refractivity (Wildman–Crippen MR) is 93.2 cm³/mol. The van der Waals surface area contributed by atoms with Crippen molar-refractivity contribution in [2.45, 2.75) is 43.7 Å². The molecule has 0 saturated carbocycles. The van der Waals surface area contributed by atoms with Crippen LogP contribution < -0.4 is 0 Å². The first-order chi connectivity index (χ1) is 12.4. The van der Waals surface area contributed by atoms with Crippen molar-refractivity contribution in [2.24, 2.45) is 0 Å². The number of benzene rings is 1. The molecule has 1 aliphatic heterocycles. The Labute approximate surface area is 154 Å². The van der Waals surface area contributed by atoms with E-state index in [0.29, 0.717) is 44.5 Å². The number of aromatic nitrogens is 1. The van der Waals surface area contributed by atoms with E-state index in [9.17, 15) is 18.0 Å². The zero-order chi connectivity index (χ0) is 18.6. The number of rotatable bonds is 6. The average molecular weight is 383 g/mol. The van der Waals surface area contributed by atoms with Crippen LogP contribution in [-0.4, -0.2) is 24.0 Å². The second kappa shape index (κ2) is 7.88. The minimum absolute atomic E-state index is 0.0674. The fourth-order valence-electron chi connectivity index (χ4n) is 3.45. The first-order valence-corrected chi connectivity index (χ1v) is 9.43. The predicted octanol–water partition coefficient (Wildman–Crippen LogP) is 4.80. The molecule has 3 rings (SSSR count). The highest BCUT2D eigenvalue weighted by molar-refractivity contribution is 7.09. The summed E-state index contributed by atoms with van der Waals surface area (Å²) in [5.41, 5.74) is -0.439. The molecule has 2 heterocycles. The van der Waals surface area contributed by atoms with Crippen molar-refractivity contribution < 1.29 is 22.7 Å². The molecular weight excluding hydrogens is 363 g/mol. The Bertz CT molecular complexity index is 737. The van der Waals surface area contributed by atoms with Crippen LogP contribution in [0.15, 0.2) is 35.8 Å². The Kier molecular flexibility index (Phi) is 5.77. The standard InChI is InChI=1S/C19H20F3NO2S/c20-19(21,22)15-3-1-2-14(12-15)18(6-9-25-10-7-18)5-4-16(24)13-17-23-8-11-26-17/h1-3,8,11-12H,4-7,9-10,13H2. The highest BCUT2D eigenvalue weighted by Crippen LogP contribution is 2.41. The van der Waals surface area contributed by atoms with Crippen molar-refractivity contribution in [1.82, 2.24) is 4.98 Å². The molecule has 1 aromatic heterocycles. The number of ether oxygens (including phenoxy) is 1. The maximum absolute atomic E-state index is 13.1. The number of ketones is 1. The lowest BCUT2D eigenvalue weighted by Gasteiger charge is -2.38. The van der Waals surface area contributed by atoms with Crippen molar-refractivity contribution in [1.29, 1.82) is 0 Å². The molecule has 1 fully saturated rings. The van der Waals surface area contributed by atoms with Crippen LogP contribution in [0.2, 0.25) is 0 Å². The van der Waals surface area contributed by atoms with E-state index in [-0.39, 0.29) is 12.2 Å². The van der Waals surface area contributed by atoms with Gasteiger partial charge in [-0.2, -0.15) is 13.2 Å². The molecule has 1 aliphatic rings. The van der Waals surface area contributed by atoms with Crippen molar-refractivity contribution in [3.63, 3.8) is 0 Å². The summed E-state index contributed by atoms with van der Waals surface area (Å²) in [7, 11) is 0. The molecule has 0 spiro atoms. The second-order valence-electron chi connectivity index (χ2n) is 6.61. The van der Waals surface area contributed by atoms with Gasteiger partial charge in [0.05, 0.1) is 17.0 Å². The fourth-order valence-corrected chi connectivity index (χ4v) is 4.09. The topological polar surface area (TPSA) is 39.2 Å². The minimum Gasteiger partial charge on any atom is -0.381 e. The maximum Gasteiger partial charge on any atom is 0.416 e. The number of alkyl halides is 3. The van der Waals surface area contributed by atoms with Gasteiger partial charge in [-0.1, -0.05) is 18.2 Å². The lowest BCUT2D eigenvalue weighted by molar-refractivity contribution is -0.137. The number of halogens is 3. The van der Waals surface area contributed by atoms with Crippen molar-refractivity contribution in [3.05, 3.63) is 52.0 Å². The summed E-state index contributed by atoms with van der Waals surface area (Å²) >= 11 is 1.44. The Balaban J connectivity index is 1.77. The Morgan fingerprint density at radius 1 is 1.27 bits per heavy atom. The molecule has 0 N–H and O–H groups in total. The first-order valence-electron chi connectivity index (χ1n) is 8.55. The van der Waals surface area contributed by atoms with Gasteiger partial charge in [0, 0.05) is 36.6 Å². The van der Waals surface area contributed by atoms with Gasteiger partial charge in [-0.05, 0) is 30.9 Å². The monoisotopic (exact) mass is 383 g/mol. The van der Waals surface area contributed by atoms with Crippen molar-refractivity contribution in [2.75, 3.05) is 13.2 Å². The van der Waals surface area contributed by atoms with Gasteiger partial charge in [0.25, 0.3) is 0 Å². The van der Waals surface area contributed by atoms with E-state index < -0.39 is 17.2 Å². The quantitative estimate of drug-likeness (QED) is 0.719. The van der Waals surface area contributed by atoms with Gasteiger partial charge in [-0.3, -0.25) is 4.79 Å². The fraction of sp³-hybridized carbons (Fsp3) is 0.474. The molecular formula is C19H20F3NO2S. The van der Waals surface area contributed by atoms with Crippen LogP contribution in [0.1, 0.15) is 41.8 Å². The number of hydrogen-bond acceptors (Lipinski definition) is 4. The highest BCUT2D eigenvalue weighted by Gasteiger charge is 2.37. The van der Waals surface area contributed by atoms with Crippen LogP contribution in [0, 0.1) is 0 Å². The van der Waals surface area contributed by atoms with Crippen LogP contribution in [0.3, 0.4) is 0 Å². The molecule has 3 nitrogen and oxygen atoms in total. The third-order valence-corrected chi connectivity index (χ3v) is 5.75. The zero-order valence-corrected chi connectivity index (χ0v) is 15.0. The third kappa shape index (κ3) is 4.51. The lowest BCUT2D eigenvalue weighted by Crippen LogP contribution is -2.34. The van der Waals surface area contributed by atoms with Gasteiger partial charge in [0.1, 0.15) is 5.78 Å². The molecule has 0 atom stereocenters. The van der Waals surface area contributed by atoms with Gasteiger partial charge < -0.3 is 4.74 Å². The molecule has 1 aromatic carbocycles. The smallest absolute Gasteiger partial charge is 0.381 e. The molecule has 0 unspecified atom stereocenters. The van der Waals surface area contributed by atoms with Crippen molar-refractivity contribution >= 4 is 17.1 Å². The van der Waals surface area contributed by atoms with Crippen LogP contribution >= 0.6 is 11.3 Å². The normalized spacial score (nSPS) is 17.2. The minimum atomic E-state index is -4.37.